The van der Waals surface area contributed by atoms with Gasteiger partial charge in [-0.3, -0.25) is 9.20 Å². The molecule has 2 heterocycles. The van der Waals surface area contributed by atoms with Gasteiger partial charge in [0, 0.05) is 17.6 Å². The molecule has 26 heavy (non-hydrogen) atoms. The monoisotopic (exact) mass is 362 g/mol. The molecular weight excluding hydrogens is 348 g/mol. The Hall–Kier alpha value is -3.25. The molecule has 0 bridgehead atoms. The predicted molar refractivity (Wildman–Crippen MR) is 100 cm³/mol. The van der Waals surface area contributed by atoms with Crippen LogP contribution >= 0.6 is 11.3 Å². The lowest BCUT2D eigenvalue weighted by Gasteiger charge is -2.06. The molecular formula is C20H14N2O3S. The Labute approximate surface area is 153 Å². The zero-order valence-electron chi connectivity index (χ0n) is 13.7. The van der Waals surface area contributed by atoms with Gasteiger partial charge in [-0.05, 0) is 23.3 Å². The van der Waals surface area contributed by atoms with E-state index in [4.69, 9.17) is 4.74 Å². The Morgan fingerprint density at radius 2 is 1.77 bits per heavy atom. The van der Waals surface area contributed by atoms with Crippen LogP contribution in [0.5, 0.6) is 0 Å². The van der Waals surface area contributed by atoms with Crippen molar-refractivity contribution in [2.75, 3.05) is 0 Å². The molecule has 0 atom stereocenters. The molecule has 0 aliphatic carbocycles. The largest absolute Gasteiger partial charge is 0.456 e. The summed E-state index contributed by atoms with van der Waals surface area (Å²) in [5, 5.41) is 1.79. The van der Waals surface area contributed by atoms with Gasteiger partial charge in [-0.25, -0.2) is 9.78 Å². The number of aromatic nitrogens is 2. The summed E-state index contributed by atoms with van der Waals surface area (Å²) in [7, 11) is 0. The highest BCUT2D eigenvalue weighted by Crippen LogP contribution is 2.19. The van der Waals surface area contributed by atoms with Gasteiger partial charge in [0.05, 0.1) is 11.3 Å². The summed E-state index contributed by atoms with van der Waals surface area (Å²) in [5.41, 5.74) is 2.82. The summed E-state index contributed by atoms with van der Waals surface area (Å²) in [5.74, 6) is -0.446. The number of hydrogen-bond donors (Lipinski definition) is 0. The molecule has 0 aliphatic rings. The van der Waals surface area contributed by atoms with E-state index in [2.05, 4.69) is 4.98 Å². The van der Waals surface area contributed by atoms with Crippen LogP contribution in [-0.2, 0) is 11.3 Å². The van der Waals surface area contributed by atoms with Gasteiger partial charge in [0.2, 0.25) is 0 Å². The number of hydrogen-bond acceptors (Lipinski definition) is 5. The van der Waals surface area contributed by atoms with Crippen molar-refractivity contribution in [1.82, 2.24) is 9.38 Å². The zero-order chi connectivity index (χ0) is 17.9. The van der Waals surface area contributed by atoms with E-state index < -0.39 is 5.97 Å². The van der Waals surface area contributed by atoms with Crippen LogP contribution in [0.25, 0.3) is 16.1 Å². The number of nitrogens with zero attached hydrogens (tertiary/aromatic N) is 2. The molecule has 0 saturated carbocycles. The van der Waals surface area contributed by atoms with Crippen LogP contribution in [0.15, 0.2) is 77.0 Å². The lowest BCUT2D eigenvalue weighted by atomic mass is 10.0. The Morgan fingerprint density at radius 1 is 1.04 bits per heavy atom. The van der Waals surface area contributed by atoms with Gasteiger partial charge in [0.15, 0.2) is 4.96 Å². The molecule has 0 radical (unpaired) electrons. The first kappa shape index (κ1) is 16.2. The summed E-state index contributed by atoms with van der Waals surface area (Å²) in [6.07, 6.45) is 1.67. The maximum atomic E-state index is 12.2. The van der Waals surface area contributed by atoms with Crippen molar-refractivity contribution in [3.8, 4) is 11.1 Å². The maximum absolute atomic E-state index is 12.2. The van der Waals surface area contributed by atoms with Crippen LogP contribution in [0, 0.1) is 0 Å². The van der Waals surface area contributed by atoms with E-state index in [1.54, 1.807) is 23.7 Å². The Morgan fingerprint density at radius 3 is 2.54 bits per heavy atom. The van der Waals surface area contributed by atoms with Crippen LogP contribution in [0.2, 0.25) is 0 Å². The highest BCUT2D eigenvalue weighted by Gasteiger charge is 2.10. The quantitative estimate of drug-likeness (QED) is 0.518. The van der Waals surface area contributed by atoms with Crippen LogP contribution in [0.3, 0.4) is 0 Å². The van der Waals surface area contributed by atoms with Crippen LogP contribution in [0.4, 0.5) is 0 Å². The fourth-order valence-electron chi connectivity index (χ4n) is 2.61. The highest BCUT2D eigenvalue weighted by atomic mass is 32.1. The zero-order valence-corrected chi connectivity index (χ0v) is 14.5. The number of fused-ring (bicyclic) bond motifs is 1. The molecule has 4 aromatic rings. The van der Waals surface area contributed by atoms with Gasteiger partial charge in [-0.15, -0.1) is 11.3 Å². The number of thiazole rings is 1. The van der Waals surface area contributed by atoms with E-state index >= 15 is 0 Å². The van der Waals surface area contributed by atoms with Crippen molar-refractivity contribution in [2.24, 2.45) is 0 Å². The number of rotatable bonds is 4. The van der Waals surface area contributed by atoms with Gasteiger partial charge >= 0.3 is 5.97 Å². The molecule has 128 valence electrons. The summed E-state index contributed by atoms with van der Waals surface area (Å²) in [6.45, 7) is -0.0388. The predicted octanol–water partition coefficient (Wildman–Crippen LogP) is 3.78. The molecule has 2 aromatic carbocycles. The molecule has 0 fully saturated rings. The third kappa shape index (κ3) is 3.27. The first-order chi connectivity index (χ1) is 12.7. The average Bonchev–Trinajstić information content (AvgIpc) is 3.16. The third-order valence-corrected chi connectivity index (χ3v) is 4.69. The second-order valence-corrected chi connectivity index (χ2v) is 6.53. The maximum Gasteiger partial charge on any atom is 0.338 e. The molecule has 0 amide bonds. The molecule has 0 unspecified atom stereocenters. The second-order valence-electron chi connectivity index (χ2n) is 5.66. The fraction of sp³-hybridized carbons (Fsp3) is 0.0500. The summed E-state index contributed by atoms with van der Waals surface area (Å²) >= 11 is 1.36. The van der Waals surface area contributed by atoms with Crippen LogP contribution in [0.1, 0.15) is 16.1 Å². The third-order valence-electron chi connectivity index (χ3n) is 3.94. The van der Waals surface area contributed by atoms with Gasteiger partial charge < -0.3 is 4.74 Å². The van der Waals surface area contributed by atoms with E-state index in [-0.39, 0.29) is 12.2 Å². The van der Waals surface area contributed by atoms with E-state index in [0.717, 1.165) is 11.1 Å². The first-order valence-electron chi connectivity index (χ1n) is 7.99. The van der Waals surface area contributed by atoms with Crippen molar-refractivity contribution in [1.29, 1.82) is 0 Å². The molecule has 0 saturated heterocycles. The fourth-order valence-corrected chi connectivity index (χ4v) is 3.35. The van der Waals surface area contributed by atoms with E-state index in [1.165, 1.54) is 21.8 Å². The van der Waals surface area contributed by atoms with E-state index in [1.807, 2.05) is 42.5 Å². The minimum Gasteiger partial charge on any atom is -0.456 e. The van der Waals surface area contributed by atoms with E-state index in [9.17, 15) is 9.59 Å². The molecule has 2 aromatic heterocycles. The summed E-state index contributed by atoms with van der Waals surface area (Å²) < 4.78 is 6.75. The Bertz CT molecular complexity index is 1120. The smallest absolute Gasteiger partial charge is 0.338 e. The Kier molecular flexibility index (Phi) is 4.33. The van der Waals surface area contributed by atoms with Gasteiger partial charge in [0.1, 0.15) is 6.61 Å². The minimum atomic E-state index is -0.446. The molecule has 0 spiro atoms. The molecule has 0 N–H and O–H groups in total. The Balaban J connectivity index is 1.46. The molecule has 6 heteroatoms. The van der Waals surface area contributed by atoms with Crippen molar-refractivity contribution in [3.05, 3.63) is 93.9 Å². The topological polar surface area (TPSA) is 60.7 Å². The molecule has 5 nitrogen and oxygen atoms in total. The highest BCUT2D eigenvalue weighted by molar-refractivity contribution is 7.15. The van der Waals surface area contributed by atoms with Crippen LogP contribution < -0.4 is 5.56 Å². The first-order valence-corrected chi connectivity index (χ1v) is 8.87. The number of carbonyl (C=O) groups is 1. The lowest BCUT2D eigenvalue weighted by molar-refractivity contribution is 0.0468. The van der Waals surface area contributed by atoms with Crippen LogP contribution in [-0.4, -0.2) is 15.4 Å². The van der Waals surface area contributed by atoms with Crippen molar-refractivity contribution < 1.29 is 9.53 Å². The number of ether oxygens (including phenoxy) is 1. The average molecular weight is 362 g/mol. The van der Waals surface area contributed by atoms with Gasteiger partial charge in [-0.2, -0.15) is 0 Å². The summed E-state index contributed by atoms with van der Waals surface area (Å²) in [6, 6.07) is 18.5. The van der Waals surface area contributed by atoms with Gasteiger partial charge in [0.25, 0.3) is 5.56 Å². The number of benzene rings is 2. The van der Waals surface area contributed by atoms with E-state index in [0.29, 0.717) is 16.2 Å². The lowest BCUT2D eigenvalue weighted by Crippen LogP contribution is -2.14. The van der Waals surface area contributed by atoms with Gasteiger partial charge in [-0.1, -0.05) is 42.5 Å². The normalized spacial score (nSPS) is 10.8. The summed E-state index contributed by atoms with van der Waals surface area (Å²) in [4.78, 5) is 29.1. The van der Waals surface area contributed by atoms with Crippen molar-refractivity contribution >= 4 is 22.3 Å². The SMILES string of the molecule is O=C(OCc1cc(=O)n2ccsc2n1)c1ccc(-c2ccccc2)cc1. The minimum absolute atomic E-state index is 0.0388. The molecule has 4 rings (SSSR count). The standard InChI is InChI=1S/C20H14N2O3S/c23-18-12-17(21-20-22(18)10-11-26-20)13-25-19(24)16-8-6-15(7-9-16)14-4-2-1-3-5-14/h1-12H,13H2. The second kappa shape index (κ2) is 6.93. The molecule has 0 aliphatic heterocycles. The number of esters is 1. The number of carbonyl (C=O) groups excluding carboxylic acids is 1. The van der Waals surface area contributed by atoms with Crippen molar-refractivity contribution in [3.63, 3.8) is 0 Å². The van der Waals surface area contributed by atoms with Crippen molar-refractivity contribution in [2.45, 2.75) is 6.61 Å².